The van der Waals surface area contributed by atoms with Crippen LogP contribution in [0.3, 0.4) is 0 Å². The van der Waals surface area contributed by atoms with Gasteiger partial charge in [0.05, 0.1) is 5.92 Å². The van der Waals surface area contributed by atoms with Gasteiger partial charge in [-0.05, 0) is 32.4 Å². The van der Waals surface area contributed by atoms with Crippen molar-refractivity contribution in [2.75, 3.05) is 18.5 Å². The van der Waals surface area contributed by atoms with Crippen molar-refractivity contribution in [3.63, 3.8) is 0 Å². The first-order chi connectivity index (χ1) is 9.41. The molecule has 1 aromatic rings. The topological polar surface area (TPSA) is 60.9 Å². The third-order valence-electron chi connectivity index (χ3n) is 4.03. The molecule has 2 rings (SSSR count). The van der Waals surface area contributed by atoms with Crippen molar-refractivity contribution in [1.29, 1.82) is 0 Å². The maximum Gasteiger partial charge on any atom is 0.324 e. The SMILES string of the molecule is Cc1ccc(N(C)C(=O)N2CCC(C(=O)O)C2C)cc1. The first kappa shape index (κ1) is 14.4. The highest BCUT2D eigenvalue weighted by Gasteiger charge is 2.39. The Morgan fingerprint density at radius 1 is 1.30 bits per heavy atom. The van der Waals surface area contributed by atoms with Gasteiger partial charge in [0, 0.05) is 25.3 Å². The molecular weight excluding hydrogens is 256 g/mol. The van der Waals surface area contributed by atoms with Crippen molar-refractivity contribution < 1.29 is 14.7 Å². The Balaban J connectivity index is 2.11. The number of carbonyl (C=O) groups excluding carboxylic acids is 1. The van der Waals surface area contributed by atoms with E-state index in [0.29, 0.717) is 13.0 Å². The third kappa shape index (κ3) is 2.61. The fraction of sp³-hybridized carbons (Fsp3) is 0.467. The highest BCUT2D eigenvalue weighted by Crippen LogP contribution is 2.26. The van der Waals surface area contributed by atoms with E-state index in [-0.39, 0.29) is 12.1 Å². The molecule has 5 heteroatoms. The van der Waals surface area contributed by atoms with Gasteiger partial charge < -0.3 is 10.0 Å². The fourth-order valence-corrected chi connectivity index (χ4v) is 2.61. The lowest BCUT2D eigenvalue weighted by molar-refractivity contribution is -0.142. The van der Waals surface area contributed by atoms with Gasteiger partial charge in [-0.15, -0.1) is 0 Å². The summed E-state index contributed by atoms with van der Waals surface area (Å²) in [5.41, 5.74) is 1.95. The van der Waals surface area contributed by atoms with Crippen molar-refractivity contribution in [1.82, 2.24) is 4.90 Å². The van der Waals surface area contributed by atoms with Crippen molar-refractivity contribution in [3.8, 4) is 0 Å². The molecule has 1 N–H and O–H groups in total. The molecule has 0 spiro atoms. The number of benzene rings is 1. The number of hydrogen-bond donors (Lipinski definition) is 1. The molecule has 0 aliphatic carbocycles. The summed E-state index contributed by atoms with van der Waals surface area (Å²) in [7, 11) is 1.72. The van der Waals surface area contributed by atoms with Crippen LogP contribution in [-0.4, -0.2) is 41.6 Å². The molecule has 1 heterocycles. The molecule has 5 nitrogen and oxygen atoms in total. The summed E-state index contributed by atoms with van der Waals surface area (Å²) in [4.78, 5) is 26.8. The number of likely N-dealkylation sites (tertiary alicyclic amines) is 1. The number of aliphatic carboxylic acids is 1. The smallest absolute Gasteiger partial charge is 0.324 e. The maximum atomic E-state index is 12.5. The van der Waals surface area contributed by atoms with E-state index in [1.165, 1.54) is 0 Å². The van der Waals surface area contributed by atoms with Crippen molar-refractivity contribution in [3.05, 3.63) is 29.8 Å². The molecule has 0 bridgehead atoms. The minimum atomic E-state index is -0.828. The van der Waals surface area contributed by atoms with Crippen molar-refractivity contribution >= 4 is 17.7 Å². The molecule has 2 amide bonds. The fourth-order valence-electron chi connectivity index (χ4n) is 2.61. The lowest BCUT2D eigenvalue weighted by Gasteiger charge is -2.28. The average Bonchev–Trinajstić information content (AvgIpc) is 2.80. The van der Waals surface area contributed by atoms with E-state index >= 15 is 0 Å². The second kappa shape index (κ2) is 5.53. The van der Waals surface area contributed by atoms with E-state index in [4.69, 9.17) is 5.11 Å². The van der Waals surface area contributed by atoms with Crippen LogP contribution in [0.2, 0.25) is 0 Å². The molecule has 0 saturated carbocycles. The number of carboxylic acid groups (broad SMARTS) is 1. The Kier molecular flexibility index (Phi) is 3.97. The van der Waals surface area contributed by atoms with Gasteiger partial charge in [-0.25, -0.2) is 4.79 Å². The maximum absolute atomic E-state index is 12.5. The third-order valence-corrected chi connectivity index (χ3v) is 4.03. The van der Waals surface area contributed by atoms with Crippen molar-refractivity contribution in [2.24, 2.45) is 5.92 Å². The van der Waals surface area contributed by atoms with E-state index in [2.05, 4.69) is 0 Å². The van der Waals surface area contributed by atoms with Crippen LogP contribution in [0.4, 0.5) is 10.5 Å². The van der Waals surface area contributed by atoms with Gasteiger partial charge in [0.25, 0.3) is 0 Å². The van der Waals surface area contributed by atoms with Gasteiger partial charge in [-0.3, -0.25) is 9.69 Å². The molecule has 1 saturated heterocycles. The summed E-state index contributed by atoms with van der Waals surface area (Å²) in [5.74, 6) is -1.30. The Bertz CT molecular complexity index is 512. The number of carbonyl (C=O) groups is 2. The van der Waals surface area contributed by atoms with E-state index in [1.54, 1.807) is 23.8 Å². The Labute approximate surface area is 118 Å². The van der Waals surface area contributed by atoms with Gasteiger partial charge in [0.15, 0.2) is 0 Å². The van der Waals surface area contributed by atoms with Crippen LogP contribution in [-0.2, 0) is 4.79 Å². The van der Waals surface area contributed by atoms with Gasteiger partial charge >= 0.3 is 12.0 Å². The highest BCUT2D eigenvalue weighted by atomic mass is 16.4. The second-order valence-electron chi connectivity index (χ2n) is 5.34. The zero-order valence-corrected chi connectivity index (χ0v) is 12.0. The Morgan fingerprint density at radius 3 is 2.40 bits per heavy atom. The van der Waals surface area contributed by atoms with Crippen LogP contribution in [0.1, 0.15) is 18.9 Å². The molecular formula is C15H20N2O3. The summed E-state index contributed by atoms with van der Waals surface area (Å²) in [5, 5.41) is 9.12. The number of rotatable bonds is 2. The zero-order valence-electron chi connectivity index (χ0n) is 12.0. The van der Waals surface area contributed by atoms with Crippen LogP contribution in [0.25, 0.3) is 0 Å². The van der Waals surface area contributed by atoms with E-state index < -0.39 is 11.9 Å². The first-order valence-electron chi connectivity index (χ1n) is 6.75. The van der Waals surface area contributed by atoms with Crippen LogP contribution < -0.4 is 4.90 Å². The van der Waals surface area contributed by atoms with E-state index in [1.807, 2.05) is 31.2 Å². The predicted octanol–water partition coefficient (Wildman–Crippen LogP) is 2.35. The molecule has 2 atom stereocenters. The molecule has 1 aromatic carbocycles. The minimum absolute atomic E-state index is 0.148. The van der Waals surface area contributed by atoms with Crippen LogP contribution in [0.15, 0.2) is 24.3 Å². The number of hydrogen-bond acceptors (Lipinski definition) is 2. The molecule has 1 aliphatic heterocycles. The summed E-state index contributed by atoms with van der Waals surface area (Å²) >= 11 is 0. The molecule has 108 valence electrons. The minimum Gasteiger partial charge on any atom is -0.481 e. The lowest BCUT2D eigenvalue weighted by Crippen LogP contribution is -2.44. The molecule has 0 aromatic heterocycles. The number of urea groups is 1. The molecule has 0 radical (unpaired) electrons. The normalized spacial score (nSPS) is 21.9. The standard InChI is InChI=1S/C15H20N2O3/c1-10-4-6-12(7-5-10)16(3)15(20)17-9-8-13(11(17)2)14(18)19/h4-7,11,13H,8-9H2,1-3H3,(H,18,19). The number of carboxylic acids is 1. The van der Waals surface area contributed by atoms with Crippen LogP contribution in [0, 0.1) is 12.8 Å². The van der Waals surface area contributed by atoms with Crippen LogP contribution >= 0.6 is 0 Å². The molecule has 1 aliphatic rings. The lowest BCUT2D eigenvalue weighted by atomic mass is 10.0. The van der Waals surface area contributed by atoms with Gasteiger partial charge in [-0.2, -0.15) is 0 Å². The predicted molar refractivity (Wildman–Crippen MR) is 76.9 cm³/mol. The summed E-state index contributed by atoms with van der Waals surface area (Å²) < 4.78 is 0. The zero-order chi connectivity index (χ0) is 14.9. The number of nitrogens with zero attached hydrogens (tertiary/aromatic N) is 2. The molecule has 2 unspecified atom stereocenters. The largest absolute Gasteiger partial charge is 0.481 e. The Morgan fingerprint density at radius 2 is 1.90 bits per heavy atom. The van der Waals surface area contributed by atoms with Crippen LogP contribution in [0.5, 0.6) is 0 Å². The first-order valence-corrected chi connectivity index (χ1v) is 6.75. The van der Waals surface area contributed by atoms with E-state index in [9.17, 15) is 9.59 Å². The second-order valence-corrected chi connectivity index (χ2v) is 5.34. The molecule has 20 heavy (non-hydrogen) atoms. The van der Waals surface area contributed by atoms with Crippen molar-refractivity contribution in [2.45, 2.75) is 26.3 Å². The summed E-state index contributed by atoms with van der Waals surface area (Å²) in [6.45, 7) is 4.28. The summed E-state index contributed by atoms with van der Waals surface area (Å²) in [6, 6.07) is 7.27. The molecule has 1 fully saturated rings. The number of aryl methyl sites for hydroxylation is 1. The Hall–Kier alpha value is -2.04. The highest BCUT2D eigenvalue weighted by molar-refractivity contribution is 5.92. The quantitative estimate of drug-likeness (QED) is 0.902. The van der Waals surface area contributed by atoms with Gasteiger partial charge in [-0.1, -0.05) is 17.7 Å². The van der Waals surface area contributed by atoms with Gasteiger partial charge in [0.2, 0.25) is 0 Å². The summed E-state index contributed by atoms with van der Waals surface area (Å²) in [6.07, 6.45) is 0.518. The number of anilines is 1. The van der Waals surface area contributed by atoms with Gasteiger partial charge in [0.1, 0.15) is 0 Å². The number of amides is 2. The monoisotopic (exact) mass is 276 g/mol. The van der Waals surface area contributed by atoms with E-state index in [0.717, 1.165) is 11.3 Å². The average molecular weight is 276 g/mol.